The smallest absolute Gasteiger partial charge is 0.243 e. The van der Waals surface area contributed by atoms with Crippen molar-refractivity contribution >= 4 is 29.7 Å². The van der Waals surface area contributed by atoms with Crippen LogP contribution in [0.1, 0.15) is 30.5 Å². The average molecular weight is 462 g/mol. The molecule has 8 nitrogen and oxygen atoms in total. The van der Waals surface area contributed by atoms with Gasteiger partial charge in [-0.2, -0.15) is 5.10 Å². The molecule has 176 valence electrons. The minimum Gasteiger partial charge on any atom is -0.380 e. The minimum absolute atomic E-state index is 0.00293. The number of rotatable bonds is 9. The van der Waals surface area contributed by atoms with Crippen molar-refractivity contribution in [2.75, 3.05) is 29.9 Å². The van der Waals surface area contributed by atoms with E-state index in [2.05, 4.69) is 32.4 Å². The molecular weight excluding hydrogens is 433 g/mol. The highest BCUT2D eigenvalue weighted by atomic mass is 19.1. The van der Waals surface area contributed by atoms with Gasteiger partial charge in [0.25, 0.3) is 0 Å². The van der Waals surface area contributed by atoms with Crippen molar-refractivity contribution in [3.8, 4) is 0 Å². The van der Waals surface area contributed by atoms with Gasteiger partial charge in [0.1, 0.15) is 5.82 Å². The first kappa shape index (κ1) is 23.2. The third kappa shape index (κ3) is 5.86. The number of benzene rings is 1. The lowest BCUT2D eigenvalue weighted by Gasteiger charge is -2.30. The van der Waals surface area contributed by atoms with Gasteiger partial charge in [-0.05, 0) is 50.2 Å². The molecule has 2 N–H and O–H groups in total. The molecule has 1 fully saturated rings. The average Bonchev–Trinajstić information content (AvgIpc) is 3.31. The quantitative estimate of drug-likeness (QED) is 0.475. The summed E-state index contributed by atoms with van der Waals surface area (Å²) < 4.78 is 16.3. The van der Waals surface area contributed by atoms with Gasteiger partial charge in [-0.1, -0.05) is 12.1 Å². The number of anilines is 2. The summed E-state index contributed by atoms with van der Waals surface area (Å²) >= 11 is 0. The fourth-order valence-corrected chi connectivity index (χ4v) is 3.95. The maximum absolute atomic E-state index is 14.6. The van der Waals surface area contributed by atoms with Gasteiger partial charge < -0.3 is 15.5 Å². The van der Waals surface area contributed by atoms with Gasteiger partial charge in [0.2, 0.25) is 5.91 Å². The number of carbonyl (C=O) groups is 1. The predicted molar refractivity (Wildman–Crippen MR) is 132 cm³/mol. The Morgan fingerprint density at radius 2 is 2.03 bits per heavy atom. The summed E-state index contributed by atoms with van der Waals surface area (Å²) in [5.74, 6) is -0.609. The summed E-state index contributed by atoms with van der Waals surface area (Å²) in [5, 5.41) is 10.1. The number of para-hydroxylation sites is 1. The number of nitrogens with zero attached hydrogens (tertiary/aromatic N) is 5. The van der Waals surface area contributed by atoms with Crippen LogP contribution in [-0.4, -0.2) is 47.0 Å². The number of hydrogen-bond donors (Lipinski definition) is 2. The van der Waals surface area contributed by atoms with Crippen LogP contribution in [0.4, 0.5) is 15.8 Å². The van der Waals surface area contributed by atoms with E-state index in [1.807, 2.05) is 29.3 Å². The summed E-state index contributed by atoms with van der Waals surface area (Å²) in [6.07, 6.45) is 10.1. The predicted octanol–water partition coefficient (Wildman–Crippen LogP) is 3.68. The maximum atomic E-state index is 14.6. The Morgan fingerprint density at radius 1 is 1.18 bits per heavy atom. The number of aliphatic imine (C=N–C) groups is 1. The summed E-state index contributed by atoms with van der Waals surface area (Å²) in [4.78, 5) is 22.9. The Morgan fingerprint density at radius 3 is 2.79 bits per heavy atom. The van der Waals surface area contributed by atoms with Crippen LogP contribution in [0, 0.1) is 5.82 Å². The number of carbonyl (C=O) groups excluding carboxylic acids is 1. The van der Waals surface area contributed by atoms with E-state index in [1.165, 1.54) is 6.07 Å². The first-order valence-electron chi connectivity index (χ1n) is 11.3. The van der Waals surface area contributed by atoms with Crippen LogP contribution in [0.2, 0.25) is 0 Å². The first-order chi connectivity index (χ1) is 16.6. The van der Waals surface area contributed by atoms with Crippen molar-refractivity contribution in [3.05, 3.63) is 78.3 Å². The Balaban J connectivity index is 1.36. The van der Waals surface area contributed by atoms with E-state index in [9.17, 15) is 9.18 Å². The van der Waals surface area contributed by atoms with Gasteiger partial charge in [-0.25, -0.2) is 4.39 Å². The van der Waals surface area contributed by atoms with Crippen molar-refractivity contribution < 1.29 is 9.18 Å². The fraction of sp³-hybridized carbons (Fsp3) is 0.280. The molecule has 1 aromatic carbocycles. The Labute approximate surface area is 198 Å². The molecular formula is C25H28FN7O. The lowest BCUT2D eigenvalue weighted by atomic mass is 10.1. The lowest BCUT2D eigenvalue weighted by Crippen LogP contribution is -2.32. The zero-order valence-electron chi connectivity index (χ0n) is 19.0. The second-order valence-corrected chi connectivity index (χ2v) is 8.05. The van der Waals surface area contributed by atoms with Crippen LogP contribution >= 0.6 is 0 Å². The second kappa shape index (κ2) is 11.2. The van der Waals surface area contributed by atoms with Crippen LogP contribution < -0.4 is 15.5 Å². The van der Waals surface area contributed by atoms with Crippen LogP contribution in [0.15, 0.2) is 66.2 Å². The zero-order chi connectivity index (χ0) is 23.8. The van der Waals surface area contributed by atoms with Crippen LogP contribution in [0.25, 0.3) is 5.70 Å². The SMILES string of the molecule is C=N/C(=C\NCC(=O)Nc1cccc(F)c1N1CCCCC1)c1cnn(Cc2ccccn2)c1. The summed E-state index contributed by atoms with van der Waals surface area (Å²) in [6, 6.07) is 10.5. The van der Waals surface area contributed by atoms with Crippen molar-refractivity contribution in [3.63, 3.8) is 0 Å². The minimum atomic E-state index is -0.326. The second-order valence-electron chi connectivity index (χ2n) is 8.05. The molecule has 3 heterocycles. The molecule has 1 aliphatic heterocycles. The highest BCUT2D eigenvalue weighted by Gasteiger charge is 2.19. The van der Waals surface area contributed by atoms with Gasteiger partial charge in [-0.15, -0.1) is 0 Å². The normalized spacial score (nSPS) is 14.0. The largest absolute Gasteiger partial charge is 0.380 e. The molecule has 2 aromatic heterocycles. The summed E-state index contributed by atoms with van der Waals surface area (Å²) in [6.45, 7) is 5.72. The van der Waals surface area contributed by atoms with Crippen molar-refractivity contribution in [2.45, 2.75) is 25.8 Å². The number of aromatic nitrogens is 3. The van der Waals surface area contributed by atoms with Crippen LogP contribution in [0.3, 0.4) is 0 Å². The molecule has 0 bridgehead atoms. The third-order valence-corrected chi connectivity index (χ3v) is 5.58. The summed E-state index contributed by atoms with van der Waals surface area (Å²) in [7, 11) is 0. The molecule has 1 aliphatic rings. The van der Waals surface area contributed by atoms with E-state index in [1.54, 1.807) is 35.4 Å². The molecule has 3 aromatic rings. The van der Waals surface area contributed by atoms with Crippen molar-refractivity contribution in [1.82, 2.24) is 20.1 Å². The lowest BCUT2D eigenvalue weighted by molar-refractivity contribution is -0.115. The Hall–Kier alpha value is -4.01. The van der Waals surface area contributed by atoms with E-state index in [0.29, 0.717) is 23.6 Å². The third-order valence-electron chi connectivity index (χ3n) is 5.58. The number of piperidine rings is 1. The molecule has 0 saturated carbocycles. The number of amides is 1. The number of nitrogens with one attached hydrogen (secondary N) is 2. The van der Waals surface area contributed by atoms with Crippen LogP contribution in [0.5, 0.6) is 0 Å². The monoisotopic (exact) mass is 461 g/mol. The molecule has 4 rings (SSSR count). The number of hydrogen-bond acceptors (Lipinski definition) is 6. The Bertz CT molecular complexity index is 1150. The molecule has 0 atom stereocenters. The van der Waals surface area contributed by atoms with Gasteiger partial charge in [0, 0.05) is 37.2 Å². The molecule has 1 amide bonds. The standard InChI is InChI=1S/C25H28FN7O/c1-27-23(19-14-30-33(17-19)18-20-8-3-4-11-29-20)15-28-16-24(34)31-22-10-7-9-21(26)25(22)32-12-5-2-6-13-32/h3-4,7-11,14-15,17,28H,1-2,5-6,12-13,16,18H2,(H,31,34)/b23-15-. The number of pyridine rings is 1. The summed E-state index contributed by atoms with van der Waals surface area (Å²) in [5.41, 5.74) is 3.15. The zero-order valence-corrected chi connectivity index (χ0v) is 19.0. The fourth-order valence-electron chi connectivity index (χ4n) is 3.95. The van der Waals surface area contributed by atoms with Gasteiger partial charge >= 0.3 is 0 Å². The molecule has 0 radical (unpaired) electrons. The van der Waals surface area contributed by atoms with Gasteiger partial charge in [0.15, 0.2) is 0 Å². The first-order valence-corrected chi connectivity index (χ1v) is 11.3. The maximum Gasteiger partial charge on any atom is 0.243 e. The van der Waals surface area contributed by atoms with Crippen molar-refractivity contribution in [2.24, 2.45) is 4.99 Å². The molecule has 9 heteroatoms. The molecule has 1 saturated heterocycles. The molecule has 0 unspecified atom stereocenters. The van der Waals surface area contributed by atoms with E-state index in [4.69, 9.17) is 0 Å². The highest BCUT2D eigenvalue weighted by Crippen LogP contribution is 2.31. The van der Waals surface area contributed by atoms with Crippen molar-refractivity contribution in [1.29, 1.82) is 0 Å². The Kier molecular flexibility index (Phi) is 7.64. The van der Waals surface area contributed by atoms with E-state index >= 15 is 0 Å². The molecule has 0 spiro atoms. The van der Waals surface area contributed by atoms with E-state index in [0.717, 1.165) is 43.6 Å². The van der Waals surface area contributed by atoms with Crippen LogP contribution in [-0.2, 0) is 11.3 Å². The van der Waals surface area contributed by atoms with Gasteiger partial charge in [0.05, 0.1) is 42.1 Å². The molecule has 0 aliphatic carbocycles. The highest BCUT2D eigenvalue weighted by molar-refractivity contribution is 5.95. The van der Waals surface area contributed by atoms with E-state index < -0.39 is 0 Å². The topological polar surface area (TPSA) is 87.4 Å². The molecule has 34 heavy (non-hydrogen) atoms. The van der Waals surface area contributed by atoms with E-state index in [-0.39, 0.29) is 18.3 Å². The number of halogens is 1. The van der Waals surface area contributed by atoms with Gasteiger partial charge in [-0.3, -0.25) is 19.5 Å².